The van der Waals surface area contributed by atoms with Crippen LogP contribution in [0, 0.1) is 6.92 Å². The number of carbonyl (C=O) groups is 1. The Morgan fingerprint density at radius 1 is 1.37 bits per heavy atom. The number of pyridine rings is 1. The Morgan fingerprint density at radius 2 is 2.21 bits per heavy atom. The number of carboxylic acids is 1. The zero-order valence-electron chi connectivity index (χ0n) is 10.1. The molecule has 0 unspecified atom stereocenters. The number of hydrogen-bond donors (Lipinski definition) is 2. The van der Waals surface area contributed by atoms with E-state index in [1.807, 2.05) is 19.1 Å². The number of aromatic nitrogens is 4. The lowest BCUT2D eigenvalue weighted by molar-refractivity contribution is 0.0699. The number of aromatic carboxylic acids is 1. The predicted molar refractivity (Wildman–Crippen MR) is 68.8 cm³/mol. The van der Waals surface area contributed by atoms with Crippen molar-refractivity contribution in [2.45, 2.75) is 6.92 Å². The van der Waals surface area contributed by atoms with Gasteiger partial charge in [0.1, 0.15) is 11.1 Å². The molecule has 6 heteroatoms. The lowest BCUT2D eigenvalue weighted by atomic mass is 10.2. The second-order valence-electron chi connectivity index (χ2n) is 4.15. The van der Waals surface area contributed by atoms with Crippen LogP contribution in [0.5, 0.6) is 0 Å². The number of aryl methyl sites for hydroxylation is 1. The van der Waals surface area contributed by atoms with Gasteiger partial charge in [0.2, 0.25) is 0 Å². The Kier molecular flexibility index (Phi) is 2.49. The average Bonchev–Trinajstić information content (AvgIpc) is 2.81. The lowest BCUT2D eigenvalue weighted by Gasteiger charge is -2.01. The van der Waals surface area contributed by atoms with Crippen molar-refractivity contribution in [3.05, 3.63) is 42.0 Å². The minimum absolute atomic E-state index is 0.120. The quantitative estimate of drug-likeness (QED) is 0.730. The number of hydrogen-bond acceptors (Lipinski definition) is 4. The first kappa shape index (κ1) is 11.3. The fourth-order valence-corrected chi connectivity index (χ4v) is 1.90. The second-order valence-corrected chi connectivity index (χ2v) is 4.15. The van der Waals surface area contributed by atoms with Gasteiger partial charge in [0, 0.05) is 23.7 Å². The second kappa shape index (κ2) is 4.16. The van der Waals surface area contributed by atoms with E-state index < -0.39 is 5.97 Å². The third kappa shape index (κ3) is 1.93. The van der Waals surface area contributed by atoms with Crippen LogP contribution in [0.15, 0.2) is 30.7 Å². The van der Waals surface area contributed by atoms with Crippen molar-refractivity contribution in [1.82, 2.24) is 19.9 Å². The number of rotatable bonds is 2. The maximum Gasteiger partial charge on any atom is 0.339 e. The largest absolute Gasteiger partial charge is 0.478 e. The van der Waals surface area contributed by atoms with Crippen molar-refractivity contribution in [2.24, 2.45) is 0 Å². The van der Waals surface area contributed by atoms with Gasteiger partial charge in [0.05, 0.1) is 11.9 Å². The molecule has 6 nitrogen and oxygen atoms in total. The highest BCUT2D eigenvalue weighted by atomic mass is 16.4. The molecule has 94 valence electrons. The summed E-state index contributed by atoms with van der Waals surface area (Å²) in [6.07, 6.45) is 4.69. The fourth-order valence-electron chi connectivity index (χ4n) is 1.90. The highest BCUT2D eigenvalue weighted by molar-refractivity contribution is 6.00. The first-order valence-corrected chi connectivity index (χ1v) is 5.65. The molecular weight excluding hydrogens is 244 g/mol. The first-order chi connectivity index (χ1) is 9.15. The summed E-state index contributed by atoms with van der Waals surface area (Å²) in [5.74, 6) is -1.02. The molecule has 0 bridgehead atoms. The summed E-state index contributed by atoms with van der Waals surface area (Å²) < 4.78 is 0. The van der Waals surface area contributed by atoms with Crippen LogP contribution in [0.3, 0.4) is 0 Å². The van der Waals surface area contributed by atoms with Crippen LogP contribution >= 0.6 is 0 Å². The monoisotopic (exact) mass is 254 g/mol. The molecule has 3 rings (SSSR count). The van der Waals surface area contributed by atoms with Crippen LogP contribution in [0.2, 0.25) is 0 Å². The van der Waals surface area contributed by atoms with E-state index in [2.05, 4.69) is 19.9 Å². The summed E-state index contributed by atoms with van der Waals surface area (Å²) in [6.45, 7) is 1.88. The van der Waals surface area contributed by atoms with Gasteiger partial charge in [-0.25, -0.2) is 14.8 Å². The SMILES string of the molecule is Cc1cc(-c2cnc3[nH]cc(C(=O)O)c3n2)ccn1. The van der Waals surface area contributed by atoms with E-state index in [1.54, 1.807) is 12.4 Å². The van der Waals surface area contributed by atoms with Crippen molar-refractivity contribution in [2.75, 3.05) is 0 Å². The van der Waals surface area contributed by atoms with Crippen molar-refractivity contribution < 1.29 is 9.90 Å². The molecule has 0 spiro atoms. The van der Waals surface area contributed by atoms with E-state index in [-0.39, 0.29) is 5.56 Å². The van der Waals surface area contributed by atoms with E-state index in [9.17, 15) is 4.79 Å². The van der Waals surface area contributed by atoms with Gasteiger partial charge in [-0.1, -0.05) is 0 Å². The van der Waals surface area contributed by atoms with E-state index in [1.165, 1.54) is 6.20 Å². The number of carboxylic acid groups (broad SMARTS) is 1. The zero-order valence-corrected chi connectivity index (χ0v) is 10.1. The molecule has 0 saturated carbocycles. The summed E-state index contributed by atoms with van der Waals surface area (Å²) in [5, 5.41) is 9.08. The Hall–Kier alpha value is -2.76. The van der Waals surface area contributed by atoms with E-state index in [0.29, 0.717) is 16.9 Å². The van der Waals surface area contributed by atoms with Crippen molar-refractivity contribution in [1.29, 1.82) is 0 Å². The molecule has 0 radical (unpaired) electrons. The minimum Gasteiger partial charge on any atom is -0.478 e. The molecule has 0 fully saturated rings. The van der Waals surface area contributed by atoms with Gasteiger partial charge in [0.25, 0.3) is 0 Å². The molecule has 2 N–H and O–H groups in total. The van der Waals surface area contributed by atoms with Gasteiger partial charge in [0.15, 0.2) is 5.65 Å². The van der Waals surface area contributed by atoms with Gasteiger partial charge in [-0.3, -0.25) is 4.98 Å². The number of nitrogens with zero attached hydrogens (tertiary/aromatic N) is 3. The summed E-state index contributed by atoms with van der Waals surface area (Å²) in [6, 6.07) is 3.69. The molecule has 0 aliphatic heterocycles. The molecule has 0 atom stereocenters. The molecule has 3 heterocycles. The number of nitrogens with one attached hydrogen (secondary N) is 1. The number of aromatic amines is 1. The highest BCUT2D eigenvalue weighted by Crippen LogP contribution is 2.21. The van der Waals surface area contributed by atoms with E-state index in [4.69, 9.17) is 5.11 Å². The summed E-state index contributed by atoms with van der Waals surface area (Å²) in [7, 11) is 0. The maximum absolute atomic E-state index is 11.1. The van der Waals surface area contributed by atoms with E-state index in [0.717, 1.165) is 11.3 Å². The van der Waals surface area contributed by atoms with Gasteiger partial charge in [-0.15, -0.1) is 0 Å². The van der Waals surface area contributed by atoms with Crippen LogP contribution in [-0.4, -0.2) is 31.0 Å². The topological polar surface area (TPSA) is 91.8 Å². The van der Waals surface area contributed by atoms with Crippen molar-refractivity contribution >= 4 is 17.1 Å². The molecule has 0 aliphatic carbocycles. The minimum atomic E-state index is -1.02. The molecule has 3 aromatic heterocycles. The smallest absolute Gasteiger partial charge is 0.339 e. The molecule has 0 amide bonds. The van der Waals surface area contributed by atoms with Gasteiger partial charge in [-0.05, 0) is 19.1 Å². The van der Waals surface area contributed by atoms with Gasteiger partial charge in [-0.2, -0.15) is 0 Å². The fraction of sp³-hybridized carbons (Fsp3) is 0.0769. The molecule has 3 aromatic rings. The molecule has 19 heavy (non-hydrogen) atoms. The van der Waals surface area contributed by atoms with E-state index >= 15 is 0 Å². The Bertz CT molecular complexity index is 779. The summed E-state index contributed by atoms with van der Waals surface area (Å²) >= 11 is 0. The van der Waals surface area contributed by atoms with Crippen molar-refractivity contribution in [3.8, 4) is 11.3 Å². The Labute approximate surface area is 108 Å². The summed E-state index contributed by atoms with van der Waals surface area (Å²) in [5.41, 5.74) is 3.30. The van der Waals surface area contributed by atoms with Crippen LogP contribution in [0.1, 0.15) is 16.1 Å². The average molecular weight is 254 g/mol. The molecular formula is C13H10N4O2. The van der Waals surface area contributed by atoms with Gasteiger partial charge < -0.3 is 10.1 Å². The highest BCUT2D eigenvalue weighted by Gasteiger charge is 2.13. The predicted octanol–water partition coefficient (Wildman–Crippen LogP) is 2.03. The molecule has 0 aliphatic rings. The third-order valence-corrected chi connectivity index (χ3v) is 2.80. The summed E-state index contributed by atoms with van der Waals surface area (Å²) in [4.78, 5) is 26.5. The normalized spacial score (nSPS) is 10.8. The van der Waals surface area contributed by atoms with Crippen LogP contribution < -0.4 is 0 Å². The van der Waals surface area contributed by atoms with Crippen LogP contribution in [0.25, 0.3) is 22.4 Å². The maximum atomic E-state index is 11.1. The van der Waals surface area contributed by atoms with Crippen LogP contribution in [-0.2, 0) is 0 Å². The first-order valence-electron chi connectivity index (χ1n) is 5.65. The van der Waals surface area contributed by atoms with Crippen molar-refractivity contribution in [3.63, 3.8) is 0 Å². The van der Waals surface area contributed by atoms with Crippen LogP contribution in [0.4, 0.5) is 0 Å². The van der Waals surface area contributed by atoms with Gasteiger partial charge >= 0.3 is 5.97 Å². The molecule has 0 saturated heterocycles. The number of H-pyrrole nitrogens is 1. The standard InChI is InChI=1S/C13H10N4O2/c1-7-4-8(2-3-14-7)10-6-16-12-11(17-10)9(5-15-12)13(18)19/h2-6H,1H3,(H,15,16)(H,18,19). The molecule has 0 aromatic carbocycles. The third-order valence-electron chi connectivity index (χ3n) is 2.80. The Balaban J connectivity index is 2.20. The lowest BCUT2D eigenvalue weighted by Crippen LogP contribution is -1.96. The number of fused-ring (bicyclic) bond motifs is 1. The Morgan fingerprint density at radius 3 is 2.95 bits per heavy atom. The zero-order chi connectivity index (χ0) is 13.4.